The van der Waals surface area contributed by atoms with Crippen LogP contribution in [0.2, 0.25) is 0 Å². The summed E-state index contributed by atoms with van der Waals surface area (Å²) in [6.45, 7) is 3.68. The summed E-state index contributed by atoms with van der Waals surface area (Å²) in [6.07, 6.45) is 0. The lowest BCUT2D eigenvalue weighted by molar-refractivity contribution is 0.0944. The molecule has 0 aliphatic heterocycles. The summed E-state index contributed by atoms with van der Waals surface area (Å²) in [5.74, 6) is -0.107. The minimum atomic E-state index is -4.10. The Morgan fingerprint density at radius 1 is 0.967 bits per heavy atom. The molecule has 0 radical (unpaired) electrons. The van der Waals surface area contributed by atoms with Crippen molar-refractivity contribution in [2.75, 3.05) is 14.2 Å². The Bertz CT molecular complexity index is 1170. The monoisotopic (exact) mass is 429 g/mol. The van der Waals surface area contributed by atoms with E-state index in [1.165, 1.54) is 26.4 Å². The molecule has 30 heavy (non-hydrogen) atoms. The molecule has 0 aliphatic rings. The van der Waals surface area contributed by atoms with Gasteiger partial charge in [-0.25, -0.2) is 8.42 Å². The number of hydrogen-bond donors (Lipinski definition) is 2. The third kappa shape index (κ3) is 4.17. The minimum Gasteiger partial charge on any atom is -0.497 e. The van der Waals surface area contributed by atoms with Gasteiger partial charge in [-0.3, -0.25) is 10.2 Å². The molecule has 2 N–H and O–H groups in total. The van der Waals surface area contributed by atoms with Crippen molar-refractivity contribution in [3.05, 3.63) is 71.5 Å². The van der Waals surface area contributed by atoms with Gasteiger partial charge in [-0.15, -0.1) is 4.83 Å². The summed E-state index contributed by atoms with van der Waals surface area (Å²) in [6, 6.07) is 15.7. The Hall–Kier alpha value is -3.30. The lowest BCUT2D eigenvalue weighted by Crippen LogP contribution is -2.41. The molecule has 0 saturated heterocycles. The Morgan fingerprint density at radius 3 is 2.30 bits per heavy atom. The number of methoxy groups -OCH3 is 2. The summed E-state index contributed by atoms with van der Waals surface area (Å²) in [7, 11) is -1.32. The van der Waals surface area contributed by atoms with Crippen LogP contribution in [-0.4, -0.2) is 33.1 Å². The first-order chi connectivity index (χ1) is 14.3. The standard InChI is InChI=1S/C21H23N3O5S/c1-14-12-18(15(2)24(14)16-8-6-5-7-9-16)21(25)22-23-30(26,27)20-13-17(28-3)10-11-19(20)29-4/h5-13,23H,1-4H3,(H,22,25). The average Bonchev–Trinajstić information content (AvgIpc) is 3.06. The molecule has 0 bridgehead atoms. The highest BCUT2D eigenvalue weighted by atomic mass is 32.2. The van der Waals surface area contributed by atoms with E-state index < -0.39 is 15.9 Å². The quantitative estimate of drug-likeness (QED) is 0.563. The first kappa shape index (κ1) is 21.4. The van der Waals surface area contributed by atoms with E-state index in [-0.39, 0.29) is 10.6 Å². The zero-order chi connectivity index (χ0) is 21.9. The maximum absolute atomic E-state index is 12.7. The van der Waals surface area contributed by atoms with Crippen molar-refractivity contribution in [2.24, 2.45) is 0 Å². The van der Waals surface area contributed by atoms with Gasteiger partial charge in [0.05, 0.1) is 19.8 Å². The molecular weight excluding hydrogens is 406 g/mol. The number of benzene rings is 2. The molecule has 2 aromatic carbocycles. The van der Waals surface area contributed by atoms with Crippen molar-refractivity contribution >= 4 is 15.9 Å². The number of carbonyl (C=O) groups is 1. The highest BCUT2D eigenvalue weighted by molar-refractivity contribution is 7.89. The summed E-state index contributed by atoms with van der Waals surface area (Å²) < 4.78 is 37.6. The first-order valence-corrected chi connectivity index (χ1v) is 10.6. The Balaban J connectivity index is 1.84. The molecule has 1 heterocycles. The lowest BCUT2D eigenvalue weighted by atomic mass is 10.2. The minimum absolute atomic E-state index is 0.125. The fraction of sp³-hybridized carbons (Fsp3) is 0.190. The van der Waals surface area contributed by atoms with Crippen molar-refractivity contribution in [1.29, 1.82) is 0 Å². The molecule has 8 nitrogen and oxygen atoms in total. The number of hydrazine groups is 1. The number of nitrogens with one attached hydrogen (secondary N) is 2. The zero-order valence-corrected chi connectivity index (χ0v) is 17.9. The molecule has 1 aromatic heterocycles. The van der Waals surface area contributed by atoms with Crippen LogP contribution in [0.1, 0.15) is 21.7 Å². The molecule has 0 fully saturated rings. The highest BCUT2D eigenvalue weighted by Crippen LogP contribution is 2.28. The van der Waals surface area contributed by atoms with Gasteiger partial charge >= 0.3 is 0 Å². The predicted molar refractivity (Wildman–Crippen MR) is 113 cm³/mol. The molecule has 158 valence electrons. The number of ether oxygens (including phenoxy) is 2. The van der Waals surface area contributed by atoms with Gasteiger partial charge in [0, 0.05) is 23.1 Å². The van der Waals surface area contributed by atoms with E-state index in [0.717, 1.165) is 11.4 Å². The second kappa shape index (κ2) is 8.60. The second-order valence-corrected chi connectivity index (χ2v) is 8.18. The molecule has 0 spiro atoms. The van der Waals surface area contributed by atoms with Crippen LogP contribution in [0, 0.1) is 13.8 Å². The second-order valence-electron chi connectivity index (χ2n) is 6.53. The number of sulfonamides is 1. The fourth-order valence-corrected chi connectivity index (χ4v) is 4.22. The number of carbonyl (C=O) groups excluding carboxylic acids is 1. The van der Waals surface area contributed by atoms with Crippen LogP contribution in [0.15, 0.2) is 59.5 Å². The van der Waals surface area contributed by atoms with Crippen LogP contribution in [-0.2, 0) is 10.0 Å². The molecule has 3 aromatic rings. The van der Waals surface area contributed by atoms with Gasteiger partial charge in [0.2, 0.25) is 0 Å². The van der Waals surface area contributed by atoms with Crippen LogP contribution >= 0.6 is 0 Å². The maximum Gasteiger partial charge on any atom is 0.268 e. The van der Waals surface area contributed by atoms with Gasteiger partial charge in [0.15, 0.2) is 0 Å². The number of amides is 1. The molecule has 3 rings (SSSR count). The number of aryl methyl sites for hydroxylation is 1. The van der Waals surface area contributed by atoms with Gasteiger partial charge in [-0.05, 0) is 44.2 Å². The summed E-state index contributed by atoms with van der Waals surface area (Å²) >= 11 is 0. The molecule has 0 unspecified atom stereocenters. The van der Waals surface area contributed by atoms with E-state index in [1.54, 1.807) is 19.1 Å². The van der Waals surface area contributed by atoms with Crippen molar-refractivity contribution in [3.8, 4) is 17.2 Å². The van der Waals surface area contributed by atoms with Crippen molar-refractivity contribution in [3.63, 3.8) is 0 Å². The van der Waals surface area contributed by atoms with Crippen LogP contribution < -0.4 is 19.7 Å². The van der Waals surface area contributed by atoms with Crippen LogP contribution in [0.3, 0.4) is 0 Å². The summed E-state index contributed by atoms with van der Waals surface area (Å²) in [5.41, 5.74) is 5.08. The van der Waals surface area contributed by atoms with Crippen LogP contribution in [0.25, 0.3) is 5.69 Å². The summed E-state index contributed by atoms with van der Waals surface area (Å²) in [4.78, 5) is 14.7. The average molecular weight is 429 g/mol. The third-order valence-corrected chi connectivity index (χ3v) is 5.92. The smallest absolute Gasteiger partial charge is 0.268 e. The van der Waals surface area contributed by atoms with Gasteiger partial charge in [0.25, 0.3) is 15.9 Å². The van der Waals surface area contributed by atoms with E-state index in [0.29, 0.717) is 17.0 Å². The summed E-state index contributed by atoms with van der Waals surface area (Å²) in [5, 5.41) is 0. The topological polar surface area (TPSA) is 98.7 Å². The van der Waals surface area contributed by atoms with Crippen molar-refractivity contribution < 1.29 is 22.7 Å². The molecule has 9 heteroatoms. The normalized spacial score (nSPS) is 11.2. The van der Waals surface area contributed by atoms with Gasteiger partial charge in [0.1, 0.15) is 16.4 Å². The van der Waals surface area contributed by atoms with E-state index in [9.17, 15) is 13.2 Å². The van der Waals surface area contributed by atoms with Gasteiger partial charge in [-0.2, -0.15) is 0 Å². The first-order valence-electron chi connectivity index (χ1n) is 9.07. The number of hydrogen-bond acceptors (Lipinski definition) is 5. The number of rotatable bonds is 7. The third-order valence-electron chi connectivity index (χ3n) is 4.65. The Labute approximate surface area is 175 Å². The van der Waals surface area contributed by atoms with E-state index in [1.807, 2.05) is 41.8 Å². The van der Waals surface area contributed by atoms with E-state index in [4.69, 9.17) is 9.47 Å². The van der Waals surface area contributed by atoms with Gasteiger partial charge in [-0.1, -0.05) is 18.2 Å². The largest absolute Gasteiger partial charge is 0.497 e. The van der Waals surface area contributed by atoms with Crippen molar-refractivity contribution in [2.45, 2.75) is 18.7 Å². The van der Waals surface area contributed by atoms with Crippen LogP contribution in [0.5, 0.6) is 11.5 Å². The zero-order valence-electron chi connectivity index (χ0n) is 17.1. The molecular formula is C21H23N3O5S. The Kier molecular flexibility index (Phi) is 6.14. The molecule has 0 aliphatic carbocycles. The Morgan fingerprint density at radius 2 is 1.67 bits per heavy atom. The fourth-order valence-electron chi connectivity index (χ4n) is 3.20. The molecule has 0 saturated carbocycles. The SMILES string of the molecule is COc1ccc(OC)c(S(=O)(=O)NNC(=O)c2cc(C)n(-c3ccccc3)c2C)c1. The van der Waals surface area contributed by atoms with E-state index >= 15 is 0 Å². The molecule has 0 atom stereocenters. The number of para-hydroxylation sites is 1. The van der Waals surface area contributed by atoms with Crippen molar-refractivity contribution in [1.82, 2.24) is 14.8 Å². The number of aromatic nitrogens is 1. The lowest BCUT2D eigenvalue weighted by Gasteiger charge is -2.13. The number of nitrogens with zero attached hydrogens (tertiary/aromatic N) is 1. The predicted octanol–water partition coefficient (Wildman–Crippen LogP) is 2.73. The van der Waals surface area contributed by atoms with Crippen LogP contribution in [0.4, 0.5) is 0 Å². The maximum atomic E-state index is 12.7. The molecule has 1 amide bonds. The highest BCUT2D eigenvalue weighted by Gasteiger charge is 2.23. The van der Waals surface area contributed by atoms with E-state index in [2.05, 4.69) is 10.3 Å². The van der Waals surface area contributed by atoms with Gasteiger partial charge < -0.3 is 14.0 Å².